The number of piperidine rings is 1. The van der Waals surface area contributed by atoms with Gasteiger partial charge in [-0.15, -0.1) is 0 Å². The summed E-state index contributed by atoms with van der Waals surface area (Å²) in [4.78, 5) is 26.4. The Bertz CT molecular complexity index is 643. The maximum atomic E-state index is 12.7. The molecule has 0 spiro atoms. The van der Waals surface area contributed by atoms with Crippen LogP contribution >= 0.6 is 0 Å². The van der Waals surface area contributed by atoms with Gasteiger partial charge in [-0.3, -0.25) is 9.59 Å². The van der Waals surface area contributed by atoms with E-state index < -0.39 is 0 Å². The van der Waals surface area contributed by atoms with Crippen LogP contribution in [0.5, 0.6) is 5.75 Å². The molecule has 2 saturated heterocycles. The third-order valence-corrected chi connectivity index (χ3v) is 5.05. The molecular formula is C17H19NO5. The maximum Gasteiger partial charge on any atom is 0.310 e. The molecule has 6 heteroatoms. The summed E-state index contributed by atoms with van der Waals surface area (Å²) in [5.41, 5.74) is 0.927. The van der Waals surface area contributed by atoms with E-state index in [0.717, 1.165) is 11.3 Å². The van der Waals surface area contributed by atoms with Gasteiger partial charge in [-0.25, -0.2) is 0 Å². The Kier molecular flexibility index (Phi) is 3.30. The molecule has 6 nitrogen and oxygen atoms in total. The van der Waals surface area contributed by atoms with Crippen LogP contribution in [0.3, 0.4) is 0 Å². The largest absolute Gasteiger partial charge is 0.497 e. The molecule has 1 aromatic carbocycles. The number of esters is 1. The van der Waals surface area contributed by atoms with Crippen molar-refractivity contribution in [1.29, 1.82) is 0 Å². The second-order valence-electron chi connectivity index (χ2n) is 6.15. The lowest BCUT2D eigenvalue weighted by atomic mass is 10.1. The van der Waals surface area contributed by atoms with Gasteiger partial charge < -0.3 is 19.1 Å². The van der Waals surface area contributed by atoms with Gasteiger partial charge in [0.05, 0.1) is 38.2 Å². The zero-order chi connectivity index (χ0) is 16.1. The highest BCUT2D eigenvalue weighted by atomic mass is 16.5. The molecule has 5 atom stereocenters. The van der Waals surface area contributed by atoms with Crippen molar-refractivity contribution in [3.8, 4) is 5.75 Å². The molecule has 1 aromatic rings. The molecule has 2 heterocycles. The Morgan fingerprint density at radius 1 is 1.35 bits per heavy atom. The van der Waals surface area contributed by atoms with Crippen molar-refractivity contribution >= 4 is 11.9 Å². The molecule has 0 radical (unpaired) electrons. The van der Waals surface area contributed by atoms with Crippen LogP contribution in [0, 0.1) is 17.8 Å². The van der Waals surface area contributed by atoms with E-state index in [4.69, 9.17) is 14.2 Å². The van der Waals surface area contributed by atoms with Crippen LogP contribution in [0.25, 0.3) is 0 Å². The number of ether oxygens (including phenoxy) is 3. The molecule has 4 rings (SSSR count). The summed E-state index contributed by atoms with van der Waals surface area (Å²) in [6, 6.07) is 7.51. The van der Waals surface area contributed by atoms with Crippen LogP contribution in [0.15, 0.2) is 24.3 Å². The number of hydrogen-bond donors (Lipinski definition) is 0. The summed E-state index contributed by atoms with van der Waals surface area (Å²) in [6.07, 6.45) is -0.367. The first-order valence-electron chi connectivity index (χ1n) is 7.91. The monoisotopic (exact) mass is 317 g/mol. The molecule has 0 bridgehead atoms. The molecule has 0 N–H and O–H groups in total. The van der Waals surface area contributed by atoms with E-state index in [0.29, 0.717) is 13.2 Å². The van der Waals surface area contributed by atoms with E-state index in [2.05, 4.69) is 0 Å². The van der Waals surface area contributed by atoms with Crippen molar-refractivity contribution in [2.24, 2.45) is 17.8 Å². The van der Waals surface area contributed by atoms with Gasteiger partial charge in [0.15, 0.2) is 6.23 Å². The Balaban J connectivity index is 1.52. The third kappa shape index (κ3) is 2.05. The zero-order valence-corrected chi connectivity index (χ0v) is 13.1. The highest BCUT2D eigenvalue weighted by molar-refractivity contribution is 5.94. The van der Waals surface area contributed by atoms with Crippen LogP contribution in [-0.4, -0.2) is 43.1 Å². The van der Waals surface area contributed by atoms with Crippen molar-refractivity contribution in [3.63, 3.8) is 0 Å². The average molecular weight is 317 g/mol. The summed E-state index contributed by atoms with van der Waals surface area (Å²) < 4.78 is 16.1. The molecule has 1 saturated carbocycles. The summed E-state index contributed by atoms with van der Waals surface area (Å²) in [5.74, 6) is 0.0800. The number of amides is 1. The molecule has 122 valence electrons. The number of rotatable bonds is 4. The molecule has 0 unspecified atom stereocenters. The Hall–Kier alpha value is -2.08. The second-order valence-corrected chi connectivity index (χ2v) is 6.15. The molecule has 2 aliphatic heterocycles. The van der Waals surface area contributed by atoms with Crippen LogP contribution in [0.2, 0.25) is 0 Å². The highest BCUT2D eigenvalue weighted by Gasteiger charge is 2.72. The fraction of sp³-hybridized carbons (Fsp3) is 0.529. The zero-order valence-electron chi connectivity index (χ0n) is 13.1. The molecule has 3 fully saturated rings. The number of fused-ring (bicyclic) bond motifs is 3. The summed E-state index contributed by atoms with van der Waals surface area (Å²) in [7, 11) is 1.62. The minimum absolute atomic E-state index is 0.0105. The molecular weight excluding hydrogens is 298 g/mol. The number of carbonyl (C=O) groups excluding carboxylic acids is 2. The predicted molar refractivity (Wildman–Crippen MR) is 79.4 cm³/mol. The molecule has 1 amide bonds. The summed E-state index contributed by atoms with van der Waals surface area (Å²) >= 11 is 0. The topological polar surface area (TPSA) is 65.1 Å². The molecule has 0 aromatic heterocycles. The van der Waals surface area contributed by atoms with Crippen molar-refractivity contribution < 1.29 is 23.8 Å². The van der Waals surface area contributed by atoms with Crippen LogP contribution in [-0.2, 0) is 19.1 Å². The summed E-state index contributed by atoms with van der Waals surface area (Å²) in [5, 5.41) is 0. The van der Waals surface area contributed by atoms with Gasteiger partial charge in [0.2, 0.25) is 5.91 Å². The van der Waals surface area contributed by atoms with E-state index >= 15 is 0 Å². The second kappa shape index (κ2) is 5.23. The number of hydrogen-bond acceptors (Lipinski definition) is 5. The highest BCUT2D eigenvalue weighted by Crippen LogP contribution is 2.60. The number of methoxy groups -OCH3 is 1. The minimum atomic E-state index is -0.367. The molecule has 1 aliphatic carbocycles. The van der Waals surface area contributed by atoms with Gasteiger partial charge in [0.25, 0.3) is 0 Å². The van der Waals surface area contributed by atoms with E-state index in [1.165, 1.54) is 0 Å². The van der Waals surface area contributed by atoms with Gasteiger partial charge in [-0.2, -0.15) is 0 Å². The average Bonchev–Trinajstić information content (AvgIpc) is 3.05. The molecule has 3 aliphatic rings. The first-order chi connectivity index (χ1) is 11.2. The van der Waals surface area contributed by atoms with E-state index in [-0.39, 0.29) is 41.9 Å². The van der Waals surface area contributed by atoms with Crippen LogP contribution < -0.4 is 4.74 Å². The minimum Gasteiger partial charge on any atom is -0.497 e. The number of carbonyl (C=O) groups is 2. The number of nitrogens with zero attached hydrogens (tertiary/aromatic N) is 1. The standard InChI is InChI=1S/C17H19NO5/c1-3-22-17(20)14-12-11-8-23-16(18(11)15(19)13(12)14)9-4-6-10(21-2)7-5-9/h4-7,11-14,16H,3,8H2,1-2H3/t11-,12-,13+,14+,16-/m1/s1. The Labute approximate surface area is 134 Å². The Morgan fingerprint density at radius 3 is 2.74 bits per heavy atom. The number of benzene rings is 1. The lowest BCUT2D eigenvalue weighted by Crippen LogP contribution is -2.37. The van der Waals surface area contributed by atoms with Crippen molar-refractivity contribution in [3.05, 3.63) is 29.8 Å². The van der Waals surface area contributed by atoms with Gasteiger partial charge in [0.1, 0.15) is 5.75 Å². The third-order valence-electron chi connectivity index (χ3n) is 5.05. The van der Waals surface area contributed by atoms with Crippen molar-refractivity contribution in [2.45, 2.75) is 19.2 Å². The first kappa shape index (κ1) is 14.5. The SMILES string of the molecule is CCOC(=O)[C@@H]1[C@H]2C(=O)N3[C@@H](c4ccc(OC)cc4)OC[C@@H]3[C@@H]12. The normalized spacial score (nSPS) is 34.1. The fourth-order valence-corrected chi connectivity index (χ4v) is 3.97. The van der Waals surface area contributed by atoms with Gasteiger partial charge in [-0.1, -0.05) is 12.1 Å². The van der Waals surface area contributed by atoms with Crippen molar-refractivity contribution in [1.82, 2.24) is 4.90 Å². The predicted octanol–water partition coefficient (Wildman–Crippen LogP) is 1.36. The van der Waals surface area contributed by atoms with Crippen molar-refractivity contribution in [2.75, 3.05) is 20.3 Å². The van der Waals surface area contributed by atoms with E-state index in [1.54, 1.807) is 18.9 Å². The first-order valence-corrected chi connectivity index (χ1v) is 7.91. The quantitative estimate of drug-likeness (QED) is 0.785. The van der Waals surface area contributed by atoms with E-state index in [1.807, 2.05) is 24.3 Å². The fourth-order valence-electron chi connectivity index (χ4n) is 3.97. The van der Waals surface area contributed by atoms with Crippen LogP contribution in [0.4, 0.5) is 0 Å². The molecule has 23 heavy (non-hydrogen) atoms. The van der Waals surface area contributed by atoms with Crippen LogP contribution in [0.1, 0.15) is 18.7 Å². The lowest BCUT2D eigenvalue weighted by Gasteiger charge is -2.25. The lowest BCUT2D eigenvalue weighted by molar-refractivity contribution is -0.149. The summed E-state index contributed by atoms with van der Waals surface area (Å²) in [6.45, 7) is 2.60. The Morgan fingerprint density at radius 2 is 2.09 bits per heavy atom. The van der Waals surface area contributed by atoms with Gasteiger partial charge in [-0.05, 0) is 19.1 Å². The van der Waals surface area contributed by atoms with E-state index in [9.17, 15) is 9.59 Å². The van der Waals surface area contributed by atoms with Gasteiger partial charge in [0, 0.05) is 11.5 Å². The van der Waals surface area contributed by atoms with Gasteiger partial charge >= 0.3 is 5.97 Å². The smallest absolute Gasteiger partial charge is 0.310 e. The maximum absolute atomic E-state index is 12.7.